The monoisotopic (exact) mass is 270 g/mol. The number of amides is 2. The van der Waals surface area contributed by atoms with E-state index in [1.54, 1.807) is 6.92 Å². The summed E-state index contributed by atoms with van der Waals surface area (Å²) in [7, 11) is 1.53. The van der Waals surface area contributed by atoms with E-state index < -0.39 is 12.0 Å². The molecule has 1 aliphatic rings. The smallest absolute Gasteiger partial charge is 0.326 e. The molecule has 0 bridgehead atoms. The van der Waals surface area contributed by atoms with Gasteiger partial charge in [-0.1, -0.05) is 34.6 Å². The van der Waals surface area contributed by atoms with Crippen molar-refractivity contribution in [3.05, 3.63) is 0 Å². The van der Waals surface area contributed by atoms with Crippen LogP contribution in [0.1, 0.15) is 41.0 Å². The van der Waals surface area contributed by atoms with Crippen molar-refractivity contribution in [2.45, 2.75) is 47.1 Å². The Morgan fingerprint density at radius 3 is 2.05 bits per heavy atom. The quantitative estimate of drug-likeness (QED) is 0.804. The average molecular weight is 270 g/mol. The summed E-state index contributed by atoms with van der Waals surface area (Å²) in [5.41, 5.74) is 0.436. The molecule has 1 fully saturated rings. The van der Waals surface area contributed by atoms with Gasteiger partial charge in [0.15, 0.2) is 0 Å². The lowest BCUT2D eigenvalue weighted by Crippen LogP contribution is -2.47. The lowest BCUT2D eigenvalue weighted by atomic mass is 10.0. The molecule has 110 valence electrons. The van der Waals surface area contributed by atoms with Crippen molar-refractivity contribution in [2.75, 3.05) is 13.6 Å². The highest BCUT2D eigenvalue weighted by molar-refractivity contribution is 5.82. The molecule has 5 heteroatoms. The highest BCUT2D eigenvalue weighted by Crippen LogP contribution is 2.67. The van der Waals surface area contributed by atoms with E-state index in [0.29, 0.717) is 18.9 Å². The zero-order valence-electron chi connectivity index (χ0n) is 12.8. The van der Waals surface area contributed by atoms with Crippen LogP contribution in [0.3, 0.4) is 0 Å². The van der Waals surface area contributed by atoms with Gasteiger partial charge in [-0.25, -0.2) is 9.59 Å². The van der Waals surface area contributed by atoms with Gasteiger partial charge in [0.2, 0.25) is 0 Å². The predicted octanol–water partition coefficient (Wildman–Crippen LogP) is 2.17. The molecule has 0 aromatic carbocycles. The van der Waals surface area contributed by atoms with E-state index in [9.17, 15) is 9.59 Å². The number of urea groups is 1. The Morgan fingerprint density at radius 2 is 1.74 bits per heavy atom. The summed E-state index contributed by atoms with van der Waals surface area (Å²) in [4.78, 5) is 24.2. The van der Waals surface area contributed by atoms with Gasteiger partial charge in [0, 0.05) is 13.6 Å². The van der Waals surface area contributed by atoms with Crippen LogP contribution in [0.15, 0.2) is 0 Å². The van der Waals surface area contributed by atoms with E-state index in [1.165, 1.54) is 11.9 Å². The fourth-order valence-electron chi connectivity index (χ4n) is 2.91. The first-order chi connectivity index (χ1) is 8.57. The van der Waals surface area contributed by atoms with Crippen molar-refractivity contribution in [1.82, 2.24) is 10.2 Å². The first-order valence-corrected chi connectivity index (χ1v) is 6.80. The lowest BCUT2D eigenvalue weighted by Gasteiger charge is -2.24. The molecule has 1 atom stereocenters. The van der Waals surface area contributed by atoms with Crippen LogP contribution in [0, 0.1) is 16.7 Å². The van der Waals surface area contributed by atoms with Crippen LogP contribution >= 0.6 is 0 Å². The maximum atomic E-state index is 12.0. The van der Waals surface area contributed by atoms with E-state index in [2.05, 4.69) is 33.0 Å². The molecule has 2 N–H and O–H groups in total. The summed E-state index contributed by atoms with van der Waals surface area (Å²) in [5, 5.41) is 11.9. The third-order valence-corrected chi connectivity index (χ3v) is 5.24. The molecule has 1 rings (SSSR count). The van der Waals surface area contributed by atoms with Gasteiger partial charge < -0.3 is 15.3 Å². The molecule has 0 spiro atoms. The molecule has 0 saturated heterocycles. The number of hydrogen-bond acceptors (Lipinski definition) is 2. The van der Waals surface area contributed by atoms with Gasteiger partial charge in [-0.05, 0) is 23.2 Å². The summed E-state index contributed by atoms with van der Waals surface area (Å²) >= 11 is 0. The van der Waals surface area contributed by atoms with Crippen LogP contribution in [0.4, 0.5) is 4.79 Å². The first kappa shape index (κ1) is 15.8. The van der Waals surface area contributed by atoms with Crippen LogP contribution < -0.4 is 5.32 Å². The predicted molar refractivity (Wildman–Crippen MR) is 73.9 cm³/mol. The van der Waals surface area contributed by atoms with Crippen molar-refractivity contribution in [3.63, 3.8) is 0 Å². The molecule has 0 heterocycles. The maximum absolute atomic E-state index is 12.0. The Kier molecular flexibility index (Phi) is 4.17. The number of carbonyl (C=O) groups excluding carboxylic acids is 1. The number of nitrogens with zero attached hydrogens (tertiary/aromatic N) is 1. The molecule has 0 radical (unpaired) electrons. The summed E-state index contributed by atoms with van der Waals surface area (Å²) < 4.78 is 0. The number of rotatable bonds is 5. The molecule has 19 heavy (non-hydrogen) atoms. The van der Waals surface area contributed by atoms with Crippen LogP contribution in [0.2, 0.25) is 0 Å². The van der Waals surface area contributed by atoms with Crippen LogP contribution in [-0.4, -0.2) is 41.6 Å². The second-order valence-electron chi connectivity index (χ2n) is 6.56. The van der Waals surface area contributed by atoms with Gasteiger partial charge in [-0.3, -0.25) is 0 Å². The van der Waals surface area contributed by atoms with Crippen molar-refractivity contribution < 1.29 is 14.7 Å². The van der Waals surface area contributed by atoms with Crippen molar-refractivity contribution in [1.29, 1.82) is 0 Å². The number of carboxylic acid groups (broad SMARTS) is 1. The van der Waals surface area contributed by atoms with E-state index in [0.717, 1.165) is 0 Å². The molecular formula is C14H26N2O3. The van der Waals surface area contributed by atoms with Gasteiger partial charge >= 0.3 is 12.0 Å². The Labute approximate surface area is 115 Å². The molecule has 1 aliphatic carbocycles. The third-order valence-electron chi connectivity index (χ3n) is 5.24. The number of aliphatic carboxylic acids is 1. The average Bonchev–Trinajstić information content (AvgIpc) is 2.66. The van der Waals surface area contributed by atoms with Gasteiger partial charge in [-0.2, -0.15) is 0 Å². The molecule has 2 amide bonds. The van der Waals surface area contributed by atoms with Crippen molar-refractivity contribution in [3.8, 4) is 0 Å². The summed E-state index contributed by atoms with van der Waals surface area (Å²) in [6.45, 7) is 11.1. The fraction of sp³-hybridized carbons (Fsp3) is 0.857. The number of carbonyl (C=O) groups is 2. The van der Waals surface area contributed by atoms with Gasteiger partial charge in [0.25, 0.3) is 0 Å². The van der Waals surface area contributed by atoms with Gasteiger partial charge in [-0.15, -0.1) is 0 Å². The molecule has 0 aromatic heterocycles. The Hall–Kier alpha value is -1.26. The topological polar surface area (TPSA) is 69.6 Å². The van der Waals surface area contributed by atoms with Gasteiger partial charge in [0.1, 0.15) is 6.04 Å². The van der Waals surface area contributed by atoms with E-state index in [-0.39, 0.29) is 16.9 Å². The normalized spacial score (nSPS) is 21.6. The Morgan fingerprint density at radius 1 is 1.26 bits per heavy atom. The van der Waals surface area contributed by atoms with Crippen LogP contribution in [0.25, 0.3) is 0 Å². The highest BCUT2D eigenvalue weighted by Gasteiger charge is 2.64. The zero-order valence-corrected chi connectivity index (χ0v) is 12.8. The molecule has 5 nitrogen and oxygen atoms in total. The molecular weight excluding hydrogens is 244 g/mol. The first-order valence-electron chi connectivity index (χ1n) is 6.80. The van der Waals surface area contributed by atoms with Crippen LogP contribution in [-0.2, 0) is 4.79 Å². The SMILES string of the molecule is CCC(C(=O)O)N(C)C(=O)NCC1C(C)(C)C1(C)C. The van der Waals surface area contributed by atoms with E-state index >= 15 is 0 Å². The maximum Gasteiger partial charge on any atom is 0.326 e. The van der Waals surface area contributed by atoms with E-state index in [1.807, 2.05) is 0 Å². The molecule has 1 saturated carbocycles. The molecule has 1 unspecified atom stereocenters. The largest absolute Gasteiger partial charge is 0.480 e. The number of hydrogen-bond donors (Lipinski definition) is 2. The minimum atomic E-state index is -0.966. The number of nitrogens with one attached hydrogen (secondary N) is 1. The van der Waals surface area contributed by atoms with Gasteiger partial charge in [0.05, 0.1) is 0 Å². The zero-order chi connectivity index (χ0) is 15.0. The number of carboxylic acids is 1. The Bertz CT molecular complexity index is 363. The minimum absolute atomic E-state index is 0.218. The summed E-state index contributed by atoms with van der Waals surface area (Å²) in [5.74, 6) is -0.533. The van der Waals surface area contributed by atoms with Crippen LogP contribution in [0.5, 0.6) is 0 Å². The second kappa shape index (κ2) is 5.02. The number of likely N-dealkylation sites (N-methyl/N-ethyl adjacent to an activating group) is 1. The fourth-order valence-corrected chi connectivity index (χ4v) is 2.91. The Balaban J connectivity index is 2.51. The lowest BCUT2D eigenvalue weighted by molar-refractivity contribution is -0.141. The third kappa shape index (κ3) is 2.69. The minimum Gasteiger partial charge on any atom is -0.480 e. The summed E-state index contributed by atoms with van der Waals surface area (Å²) in [6.07, 6.45) is 0.402. The summed E-state index contributed by atoms with van der Waals surface area (Å²) in [6, 6.07) is -1.08. The standard InChI is InChI=1S/C14H26N2O3/c1-7-9(11(17)18)16(6)12(19)15-8-10-13(2,3)14(10,4)5/h9-10H,7-8H2,1-6H3,(H,15,19)(H,17,18). The molecule has 0 aromatic rings. The van der Waals surface area contributed by atoms with Crippen molar-refractivity contribution in [2.24, 2.45) is 16.7 Å². The highest BCUT2D eigenvalue weighted by atomic mass is 16.4. The molecule has 0 aliphatic heterocycles. The van der Waals surface area contributed by atoms with Crippen molar-refractivity contribution >= 4 is 12.0 Å². The van der Waals surface area contributed by atoms with E-state index in [4.69, 9.17) is 5.11 Å². The second-order valence-corrected chi connectivity index (χ2v) is 6.56.